The van der Waals surface area contributed by atoms with E-state index in [2.05, 4.69) is 20.6 Å². The summed E-state index contributed by atoms with van der Waals surface area (Å²) in [4.78, 5) is 20.4. The summed E-state index contributed by atoms with van der Waals surface area (Å²) >= 11 is 0. The van der Waals surface area contributed by atoms with Gasteiger partial charge in [-0.3, -0.25) is 4.79 Å². The van der Waals surface area contributed by atoms with Crippen LogP contribution in [0.15, 0.2) is 60.9 Å². The van der Waals surface area contributed by atoms with Crippen LogP contribution in [0.3, 0.4) is 0 Å². The van der Waals surface area contributed by atoms with E-state index < -0.39 is 0 Å². The standard InChI is InChI=1S/C20H19FN4O2/c1-27-16-7-4-6-15(11-16)25-19-12-18(23-13-24-19)20(26)22-10-9-14-5-2-3-8-17(14)21/h2-8,11-13H,9-10H2,1H3,(H,22,26)(H,23,24,25). The van der Waals surface area contributed by atoms with Gasteiger partial charge in [-0.05, 0) is 30.2 Å². The van der Waals surface area contributed by atoms with Crippen molar-refractivity contribution in [1.82, 2.24) is 15.3 Å². The lowest BCUT2D eigenvalue weighted by molar-refractivity contribution is 0.0949. The molecule has 0 fully saturated rings. The van der Waals surface area contributed by atoms with Crippen LogP contribution in [-0.4, -0.2) is 29.5 Å². The molecule has 0 spiro atoms. The number of nitrogens with one attached hydrogen (secondary N) is 2. The van der Waals surface area contributed by atoms with E-state index in [1.165, 1.54) is 12.4 Å². The second-order valence-electron chi connectivity index (χ2n) is 5.74. The molecular formula is C20H19FN4O2. The minimum Gasteiger partial charge on any atom is -0.497 e. The van der Waals surface area contributed by atoms with E-state index in [0.29, 0.717) is 30.1 Å². The third kappa shape index (κ3) is 5.01. The number of anilines is 2. The van der Waals surface area contributed by atoms with E-state index in [4.69, 9.17) is 4.74 Å². The van der Waals surface area contributed by atoms with Crippen LogP contribution in [0.4, 0.5) is 15.9 Å². The van der Waals surface area contributed by atoms with E-state index in [0.717, 1.165) is 5.69 Å². The summed E-state index contributed by atoms with van der Waals surface area (Å²) in [5.41, 5.74) is 1.56. The highest BCUT2D eigenvalue weighted by Crippen LogP contribution is 2.20. The maximum atomic E-state index is 13.6. The molecule has 0 unspecified atom stereocenters. The Bertz CT molecular complexity index is 933. The van der Waals surface area contributed by atoms with Crippen LogP contribution in [-0.2, 0) is 6.42 Å². The predicted octanol–water partition coefficient (Wildman–Crippen LogP) is 3.34. The molecule has 3 rings (SSSR count). The van der Waals surface area contributed by atoms with Crippen LogP contribution in [0.25, 0.3) is 0 Å². The topological polar surface area (TPSA) is 76.1 Å². The van der Waals surface area contributed by atoms with Gasteiger partial charge in [-0.1, -0.05) is 24.3 Å². The van der Waals surface area contributed by atoms with Gasteiger partial charge in [0.1, 0.15) is 29.4 Å². The summed E-state index contributed by atoms with van der Waals surface area (Å²) in [6.07, 6.45) is 1.71. The molecule has 27 heavy (non-hydrogen) atoms. The Morgan fingerprint density at radius 3 is 2.78 bits per heavy atom. The van der Waals surface area contributed by atoms with Gasteiger partial charge in [0, 0.05) is 24.4 Å². The first-order chi connectivity index (χ1) is 13.2. The molecule has 3 aromatic rings. The first-order valence-corrected chi connectivity index (χ1v) is 8.40. The van der Waals surface area contributed by atoms with Crippen molar-refractivity contribution in [1.29, 1.82) is 0 Å². The summed E-state index contributed by atoms with van der Waals surface area (Å²) in [6, 6.07) is 15.4. The highest BCUT2D eigenvalue weighted by molar-refractivity contribution is 5.92. The second-order valence-corrected chi connectivity index (χ2v) is 5.74. The number of hydrogen-bond acceptors (Lipinski definition) is 5. The molecule has 0 atom stereocenters. The van der Waals surface area contributed by atoms with Gasteiger partial charge in [0.2, 0.25) is 0 Å². The number of amides is 1. The van der Waals surface area contributed by atoms with Crippen molar-refractivity contribution in [3.8, 4) is 5.75 Å². The third-order valence-corrected chi connectivity index (χ3v) is 3.88. The Kier molecular flexibility index (Phi) is 5.94. The lowest BCUT2D eigenvalue weighted by atomic mass is 10.1. The van der Waals surface area contributed by atoms with Crippen molar-refractivity contribution < 1.29 is 13.9 Å². The Labute approximate surface area is 156 Å². The van der Waals surface area contributed by atoms with Crippen LogP contribution < -0.4 is 15.4 Å². The lowest BCUT2D eigenvalue weighted by Gasteiger charge is -2.09. The summed E-state index contributed by atoms with van der Waals surface area (Å²) in [6.45, 7) is 0.308. The molecule has 1 amide bonds. The quantitative estimate of drug-likeness (QED) is 0.671. The Morgan fingerprint density at radius 1 is 1.11 bits per heavy atom. The molecule has 0 saturated heterocycles. The van der Waals surface area contributed by atoms with Crippen LogP contribution >= 0.6 is 0 Å². The van der Waals surface area contributed by atoms with Gasteiger partial charge in [-0.25, -0.2) is 14.4 Å². The molecule has 6 nitrogen and oxygen atoms in total. The van der Waals surface area contributed by atoms with Crippen molar-refractivity contribution in [2.75, 3.05) is 19.0 Å². The van der Waals surface area contributed by atoms with Gasteiger partial charge in [0.15, 0.2) is 0 Å². The molecule has 2 N–H and O–H groups in total. The van der Waals surface area contributed by atoms with Gasteiger partial charge in [-0.15, -0.1) is 0 Å². The van der Waals surface area contributed by atoms with Crippen molar-refractivity contribution in [2.45, 2.75) is 6.42 Å². The molecule has 7 heteroatoms. The number of ether oxygens (including phenoxy) is 1. The number of benzene rings is 2. The highest BCUT2D eigenvalue weighted by atomic mass is 19.1. The number of hydrogen-bond donors (Lipinski definition) is 2. The molecule has 1 heterocycles. The summed E-state index contributed by atoms with van der Waals surface area (Å²) < 4.78 is 18.8. The van der Waals surface area contributed by atoms with E-state index in [1.54, 1.807) is 31.4 Å². The fourth-order valence-corrected chi connectivity index (χ4v) is 2.50. The Hall–Kier alpha value is -3.48. The molecular weight excluding hydrogens is 347 g/mol. The van der Waals surface area contributed by atoms with Crippen molar-refractivity contribution in [3.63, 3.8) is 0 Å². The summed E-state index contributed by atoms with van der Waals surface area (Å²) in [5.74, 6) is 0.568. The Balaban J connectivity index is 1.60. The van der Waals surface area contributed by atoms with Gasteiger partial charge < -0.3 is 15.4 Å². The van der Waals surface area contributed by atoms with E-state index in [9.17, 15) is 9.18 Å². The lowest BCUT2D eigenvalue weighted by Crippen LogP contribution is -2.26. The first-order valence-electron chi connectivity index (χ1n) is 8.40. The second kappa shape index (κ2) is 8.75. The van der Waals surface area contributed by atoms with Gasteiger partial charge >= 0.3 is 0 Å². The fourth-order valence-electron chi connectivity index (χ4n) is 2.50. The van der Waals surface area contributed by atoms with Crippen molar-refractivity contribution in [3.05, 3.63) is 78.0 Å². The monoisotopic (exact) mass is 366 g/mol. The maximum Gasteiger partial charge on any atom is 0.270 e. The zero-order chi connectivity index (χ0) is 19.1. The number of carbonyl (C=O) groups is 1. The number of rotatable bonds is 7. The smallest absolute Gasteiger partial charge is 0.270 e. The first kappa shape index (κ1) is 18.3. The zero-order valence-electron chi connectivity index (χ0n) is 14.8. The molecule has 2 aromatic carbocycles. The number of methoxy groups -OCH3 is 1. The van der Waals surface area contributed by atoms with Crippen LogP contribution in [0.5, 0.6) is 5.75 Å². The summed E-state index contributed by atoms with van der Waals surface area (Å²) in [5, 5.41) is 5.84. The predicted molar refractivity (Wildman–Crippen MR) is 101 cm³/mol. The zero-order valence-corrected chi connectivity index (χ0v) is 14.8. The molecule has 1 aromatic heterocycles. The van der Waals surface area contributed by atoms with Crippen LogP contribution in [0, 0.1) is 5.82 Å². The van der Waals surface area contributed by atoms with Crippen molar-refractivity contribution >= 4 is 17.4 Å². The van der Waals surface area contributed by atoms with Gasteiger partial charge in [0.05, 0.1) is 7.11 Å². The van der Waals surface area contributed by atoms with Gasteiger partial charge in [-0.2, -0.15) is 0 Å². The molecule has 138 valence electrons. The minimum atomic E-state index is -0.345. The number of aromatic nitrogens is 2. The average molecular weight is 366 g/mol. The van der Waals surface area contributed by atoms with Crippen molar-refractivity contribution in [2.24, 2.45) is 0 Å². The maximum absolute atomic E-state index is 13.6. The normalized spacial score (nSPS) is 10.3. The number of carbonyl (C=O) groups excluding carboxylic acids is 1. The fraction of sp³-hybridized carbons (Fsp3) is 0.150. The molecule has 0 radical (unpaired) electrons. The molecule has 0 aliphatic heterocycles. The summed E-state index contributed by atoms with van der Waals surface area (Å²) in [7, 11) is 1.59. The third-order valence-electron chi connectivity index (χ3n) is 3.88. The molecule has 0 saturated carbocycles. The van der Waals surface area contributed by atoms with Gasteiger partial charge in [0.25, 0.3) is 5.91 Å². The van der Waals surface area contributed by atoms with E-state index in [-0.39, 0.29) is 17.4 Å². The average Bonchev–Trinajstić information content (AvgIpc) is 2.69. The minimum absolute atomic E-state index is 0.226. The van der Waals surface area contributed by atoms with Crippen LogP contribution in [0.1, 0.15) is 16.1 Å². The molecule has 0 aliphatic rings. The number of halogens is 1. The van der Waals surface area contributed by atoms with E-state index >= 15 is 0 Å². The van der Waals surface area contributed by atoms with E-state index in [1.807, 2.05) is 24.3 Å². The largest absolute Gasteiger partial charge is 0.497 e. The number of nitrogens with zero attached hydrogens (tertiary/aromatic N) is 2. The van der Waals surface area contributed by atoms with Crippen LogP contribution in [0.2, 0.25) is 0 Å². The molecule has 0 bridgehead atoms. The Morgan fingerprint density at radius 2 is 1.96 bits per heavy atom. The SMILES string of the molecule is COc1cccc(Nc2cc(C(=O)NCCc3ccccc3F)ncn2)c1. The molecule has 0 aliphatic carbocycles. The highest BCUT2D eigenvalue weighted by Gasteiger charge is 2.09.